The predicted molar refractivity (Wildman–Crippen MR) is 64.6 cm³/mol. The van der Waals surface area contributed by atoms with E-state index >= 15 is 0 Å². The van der Waals surface area contributed by atoms with Gasteiger partial charge in [0.05, 0.1) is 6.10 Å². The zero-order valence-electron chi connectivity index (χ0n) is 9.94. The molecule has 1 aromatic rings. The van der Waals surface area contributed by atoms with Crippen LogP contribution in [0.15, 0.2) is 12.4 Å². The Morgan fingerprint density at radius 1 is 1.38 bits per heavy atom. The summed E-state index contributed by atoms with van der Waals surface area (Å²) in [7, 11) is 0. The van der Waals surface area contributed by atoms with Crippen molar-refractivity contribution in [2.75, 3.05) is 18.4 Å². The van der Waals surface area contributed by atoms with Crippen molar-refractivity contribution >= 4 is 5.82 Å². The lowest BCUT2D eigenvalue weighted by Gasteiger charge is -2.10. The zero-order valence-corrected chi connectivity index (χ0v) is 9.94. The first kappa shape index (κ1) is 12.7. The van der Waals surface area contributed by atoms with Crippen molar-refractivity contribution in [3.05, 3.63) is 12.4 Å². The molecule has 90 valence electrons. The molecule has 0 aromatic carbocycles. The van der Waals surface area contributed by atoms with E-state index < -0.39 is 0 Å². The highest BCUT2D eigenvalue weighted by Crippen LogP contribution is 2.12. The van der Waals surface area contributed by atoms with Crippen LogP contribution in [0.5, 0.6) is 5.88 Å². The number of aromatic nitrogens is 2. The molecule has 0 saturated carbocycles. The van der Waals surface area contributed by atoms with Gasteiger partial charge in [-0.2, -0.15) is 0 Å². The number of rotatable bonds is 7. The van der Waals surface area contributed by atoms with Crippen LogP contribution in [0.1, 0.15) is 26.7 Å². The van der Waals surface area contributed by atoms with Crippen molar-refractivity contribution in [3.8, 4) is 5.88 Å². The van der Waals surface area contributed by atoms with Gasteiger partial charge in [0.1, 0.15) is 12.1 Å². The summed E-state index contributed by atoms with van der Waals surface area (Å²) in [6.07, 6.45) is 3.69. The Bertz CT molecular complexity index is 304. The van der Waals surface area contributed by atoms with Crippen molar-refractivity contribution in [1.29, 1.82) is 0 Å². The van der Waals surface area contributed by atoms with E-state index in [-0.39, 0.29) is 6.10 Å². The molecule has 0 aliphatic heterocycles. The number of hydrogen-bond acceptors (Lipinski definition) is 5. The van der Waals surface area contributed by atoms with Gasteiger partial charge >= 0.3 is 0 Å². The molecule has 0 spiro atoms. The van der Waals surface area contributed by atoms with Crippen LogP contribution in [0, 0.1) is 0 Å². The minimum absolute atomic E-state index is 0.125. The second-order valence-corrected chi connectivity index (χ2v) is 3.83. The summed E-state index contributed by atoms with van der Waals surface area (Å²) in [5.74, 6) is 1.40. The molecule has 0 radical (unpaired) electrons. The Morgan fingerprint density at radius 3 is 2.88 bits per heavy atom. The smallest absolute Gasteiger partial charge is 0.218 e. The van der Waals surface area contributed by atoms with Crippen LogP contribution in [0.2, 0.25) is 0 Å². The fraction of sp³-hybridized carbons (Fsp3) is 0.636. The molecule has 1 rings (SSSR count). The summed E-state index contributed by atoms with van der Waals surface area (Å²) in [6, 6.07) is 1.81. The van der Waals surface area contributed by atoms with Gasteiger partial charge in [0.2, 0.25) is 5.88 Å². The Hall–Kier alpha value is -1.36. The van der Waals surface area contributed by atoms with Gasteiger partial charge in [-0.25, -0.2) is 9.97 Å². The fourth-order valence-corrected chi connectivity index (χ4v) is 1.23. The van der Waals surface area contributed by atoms with Crippen LogP contribution in [-0.4, -0.2) is 29.2 Å². The Morgan fingerprint density at radius 2 is 2.19 bits per heavy atom. The molecule has 0 atom stereocenters. The van der Waals surface area contributed by atoms with E-state index in [1.807, 2.05) is 19.9 Å². The number of nitrogens with one attached hydrogen (secondary N) is 1. The van der Waals surface area contributed by atoms with E-state index in [1.54, 1.807) is 0 Å². The van der Waals surface area contributed by atoms with Crippen LogP contribution in [0.25, 0.3) is 0 Å². The molecule has 16 heavy (non-hydrogen) atoms. The minimum atomic E-state index is 0.125. The summed E-state index contributed by atoms with van der Waals surface area (Å²) in [6.45, 7) is 5.54. The van der Waals surface area contributed by atoms with Gasteiger partial charge in [-0.15, -0.1) is 0 Å². The standard InChI is InChI=1S/C11H20N4O/c1-9(2)16-11-7-10(14-8-15-11)13-6-4-3-5-12/h7-9H,3-6,12H2,1-2H3,(H,13,14,15). The molecule has 0 fully saturated rings. The first-order valence-electron chi connectivity index (χ1n) is 5.65. The largest absolute Gasteiger partial charge is 0.475 e. The average Bonchev–Trinajstić information content (AvgIpc) is 2.24. The number of nitrogens with two attached hydrogens (primary N) is 1. The SMILES string of the molecule is CC(C)Oc1cc(NCCCCN)ncn1. The summed E-state index contributed by atoms with van der Waals surface area (Å²) in [5, 5.41) is 3.21. The highest BCUT2D eigenvalue weighted by molar-refractivity contribution is 5.36. The molecular formula is C11H20N4O. The van der Waals surface area contributed by atoms with Gasteiger partial charge in [-0.05, 0) is 33.2 Å². The van der Waals surface area contributed by atoms with Crippen LogP contribution in [0.3, 0.4) is 0 Å². The molecule has 0 saturated heterocycles. The monoisotopic (exact) mass is 224 g/mol. The Balaban J connectivity index is 2.41. The van der Waals surface area contributed by atoms with Crippen LogP contribution < -0.4 is 15.8 Å². The average molecular weight is 224 g/mol. The van der Waals surface area contributed by atoms with Gasteiger partial charge in [0.25, 0.3) is 0 Å². The highest BCUT2D eigenvalue weighted by atomic mass is 16.5. The summed E-state index contributed by atoms with van der Waals surface area (Å²) in [4.78, 5) is 8.14. The van der Waals surface area contributed by atoms with Gasteiger partial charge < -0.3 is 15.8 Å². The van der Waals surface area contributed by atoms with Crippen LogP contribution in [0.4, 0.5) is 5.82 Å². The molecule has 0 aliphatic rings. The molecule has 5 heteroatoms. The topological polar surface area (TPSA) is 73.1 Å². The molecule has 5 nitrogen and oxygen atoms in total. The molecule has 3 N–H and O–H groups in total. The zero-order chi connectivity index (χ0) is 11.8. The van der Waals surface area contributed by atoms with Crippen molar-refractivity contribution in [1.82, 2.24) is 9.97 Å². The lowest BCUT2D eigenvalue weighted by atomic mass is 10.3. The highest BCUT2D eigenvalue weighted by Gasteiger charge is 2.01. The fourth-order valence-electron chi connectivity index (χ4n) is 1.23. The maximum Gasteiger partial charge on any atom is 0.218 e. The quantitative estimate of drug-likeness (QED) is 0.685. The summed E-state index contributed by atoms with van der Waals surface area (Å²) >= 11 is 0. The van der Waals surface area contributed by atoms with E-state index in [1.165, 1.54) is 6.33 Å². The summed E-state index contributed by atoms with van der Waals surface area (Å²) in [5.41, 5.74) is 5.41. The number of unbranched alkanes of at least 4 members (excludes halogenated alkanes) is 1. The molecule has 0 amide bonds. The van der Waals surface area contributed by atoms with E-state index in [0.29, 0.717) is 5.88 Å². The molecular weight excluding hydrogens is 204 g/mol. The van der Waals surface area contributed by atoms with Crippen molar-refractivity contribution in [2.24, 2.45) is 5.73 Å². The van der Waals surface area contributed by atoms with Gasteiger partial charge in [-0.1, -0.05) is 0 Å². The second kappa shape index (κ2) is 7.00. The van der Waals surface area contributed by atoms with E-state index in [0.717, 1.165) is 31.7 Å². The maximum atomic E-state index is 5.47. The van der Waals surface area contributed by atoms with E-state index in [2.05, 4.69) is 15.3 Å². The number of nitrogens with zero attached hydrogens (tertiary/aromatic N) is 2. The van der Waals surface area contributed by atoms with Gasteiger partial charge in [-0.3, -0.25) is 0 Å². The molecule has 1 aromatic heterocycles. The molecule has 0 aliphatic carbocycles. The minimum Gasteiger partial charge on any atom is -0.475 e. The van der Waals surface area contributed by atoms with Crippen LogP contribution in [-0.2, 0) is 0 Å². The van der Waals surface area contributed by atoms with Gasteiger partial charge in [0, 0.05) is 12.6 Å². The van der Waals surface area contributed by atoms with Crippen molar-refractivity contribution in [3.63, 3.8) is 0 Å². The van der Waals surface area contributed by atoms with Crippen molar-refractivity contribution < 1.29 is 4.74 Å². The number of anilines is 1. The molecule has 0 bridgehead atoms. The normalized spacial score (nSPS) is 10.5. The van der Waals surface area contributed by atoms with Gasteiger partial charge in [0.15, 0.2) is 0 Å². The Labute approximate surface area is 96.4 Å². The third-order valence-corrected chi connectivity index (χ3v) is 1.94. The van der Waals surface area contributed by atoms with Crippen LogP contribution >= 0.6 is 0 Å². The predicted octanol–water partition coefficient (Wildman–Crippen LogP) is 1.41. The van der Waals surface area contributed by atoms with E-state index in [4.69, 9.17) is 10.5 Å². The maximum absolute atomic E-state index is 5.47. The third-order valence-electron chi connectivity index (χ3n) is 1.94. The first-order chi connectivity index (χ1) is 7.72. The van der Waals surface area contributed by atoms with Crippen molar-refractivity contribution in [2.45, 2.75) is 32.8 Å². The number of ether oxygens (including phenoxy) is 1. The second-order valence-electron chi connectivity index (χ2n) is 3.83. The van der Waals surface area contributed by atoms with E-state index in [9.17, 15) is 0 Å². The number of hydrogen-bond donors (Lipinski definition) is 2. The lowest BCUT2D eigenvalue weighted by molar-refractivity contribution is 0.232. The lowest BCUT2D eigenvalue weighted by Crippen LogP contribution is -2.09. The molecule has 0 unspecified atom stereocenters. The first-order valence-corrected chi connectivity index (χ1v) is 5.65. The summed E-state index contributed by atoms with van der Waals surface area (Å²) < 4.78 is 5.47. The molecule has 1 heterocycles. The third kappa shape index (κ3) is 4.93. The Kier molecular flexibility index (Phi) is 5.56.